The van der Waals surface area contributed by atoms with E-state index in [2.05, 4.69) is 47.0 Å². The number of imide groups is 1. The molecule has 4 amide bonds. The number of carbonyl (C=O) groups is 3. The maximum absolute atomic E-state index is 13.3. The van der Waals surface area contributed by atoms with Crippen LogP contribution in [0.25, 0.3) is 11.1 Å². The van der Waals surface area contributed by atoms with Gasteiger partial charge in [0.2, 0.25) is 5.91 Å². The minimum atomic E-state index is -1.26. The van der Waals surface area contributed by atoms with Crippen molar-refractivity contribution in [1.29, 1.82) is 0 Å². The summed E-state index contributed by atoms with van der Waals surface area (Å²) >= 11 is 0. The largest absolute Gasteiger partial charge is 0.393 e. The van der Waals surface area contributed by atoms with Crippen molar-refractivity contribution < 1.29 is 19.5 Å². The summed E-state index contributed by atoms with van der Waals surface area (Å²) in [5.41, 5.74) is 2.41. The molecular weight excluding hydrogens is 442 g/mol. The molecule has 3 aliphatic rings. The van der Waals surface area contributed by atoms with E-state index in [0.717, 1.165) is 19.3 Å². The van der Waals surface area contributed by atoms with Crippen molar-refractivity contribution in [2.75, 3.05) is 13.1 Å². The van der Waals surface area contributed by atoms with E-state index in [1.165, 1.54) is 16.7 Å². The van der Waals surface area contributed by atoms with Gasteiger partial charge in [-0.3, -0.25) is 14.9 Å². The summed E-state index contributed by atoms with van der Waals surface area (Å²) in [6.45, 7) is 1.26. The van der Waals surface area contributed by atoms with Gasteiger partial charge in [0, 0.05) is 13.1 Å². The molecule has 1 saturated carbocycles. The van der Waals surface area contributed by atoms with Crippen LogP contribution >= 0.6 is 0 Å². The molecule has 0 bridgehead atoms. The molecule has 5 rings (SSSR count). The second-order valence-electron chi connectivity index (χ2n) is 10.2. The van der Waals surface area contributed by atoms with E-state index in [1.54, 1.807) is 0 Å². The lowest BCUT2D eigenvalue weighted by Crippen LogP contribution is -2.57. The van der Waals surface area contributed by atoms with Crippen LogP contribution in [0.3, 0.4) is 0 Å². The highest BCUT2D eigenvalue weighted by atomic mass is 16.3. The first-order chi connectivity index (χ1) is 16.9. The second kappa shape index (κ2) is 9.82. The number of hydrogen-bond donors (Lipinski definition) is 3. The molecule has 184 valence electrons. The molecular formula is C28H33N3O4. The van der Waals surface area contributed by atoms with Gasteiger partial charge in [-0.2, -0.15) is 0 Å². The Morgan fingerprint density at radius 3 is 2.26 bits per heavy atom. The fourth-order valence-corrected chi connectivity index (χ4v) is 6.06. The number of nitrogens with zero attached hydrogens (tertiary/aromatic N) is 1. The van der Waals surface area contributed by atoms with Crippen LogP contribution in [-0.2, 0) is 9.59 Å². The summed E-state index contributed by atoms with van der Waals surface area (Å²) in [7, 11) is 0. The molecule has 0 spiro atoms. The van der Waals surface area contributed by atoms with Gasteiger partial charge in [0.25, 0.3) is 5.91 Å². The third-order valence-electron chi connectivity index (χ3n) is 8.08. The number of urea groups is 1. The van der Waals surface area contributed by atoms with Gasteiger partial charge < -0.3 is 15.3 Å². The SMILES string of the molecule is O=C1NC(=O)C(CC(=O)N2CCC(c3ccc(-c4ccccc4)cc3)CC2)(C2CCCC(O)C2)N1. The van der Waals surface area contributed by atoms with E-state index in [-0.39, 0.29) is 18.2 Å². The molecule has 2 heterocycles. The van der Waals surface area contributed by atoms with Gasteiger partial charge in [0.1, 0.15) is 5.54 Å². The highest BCUT2D eigenvalue weighted by molar-refractivity contribution is 6.09. The summed E-state index contributed by atoms with van der Waals surface area (Å²) in [4.78, 5) is 40.0. The first kappa shape index (κ1) is 23.5. The molecule has 3 unspecified atom stereocenters. The number of carbonyl (C=O) groups excluding carboxylic acids is 3. The zero-order valence-electron chi connectivity index (χ0n) is 19.9. The molecule has 7 nitrogen and oxygen atoms in total. The van der Waals surface area contributed by atoms with Gasteiger partial charge in [-0.15, -0.1) is 0 Å². The number of hydrogen-bond acceptors (Lipinski definition) is 4. The number of rotatable bonds is 5. The van der Waals surface area contributed by atoms with Gasteiger partial charge in [-0.1, -0.05) is 61.0 Å². The Hall–Kier alpha value is -3.19. The van der Waals surface area contributed by atoms with Crippen LogP contribution in [0.15, 0.2) is 54.6 Å². The Bertz CT molecular complexity index is 1080. The smallest absolute Gasteiger partial charge is 0.322 e. The van der Waals surface area contributed by atoms with Gasteiger partial charge in [0.15, 0.2) is 0 Å². The monoisotopic (exact) mass is 475 g/mol. The zero-order chi connectivity index (χ0) is 24.4. The van der Waals surface area contributed by atoms with Crippen LogP contribution < -0.4 is 10.6 Å². The molecule has 2 aliphatic heterocycles. The molecule has 35 heavy (non-hydrogen) atoms. The molecule has 2 aromatic carbocycles. The second-order valence-corrected chi connectivity index (χ2v) is 10.2. The number of aliphatic hydroxyl groups excluding tert-OH is 1. The van der Waals surface area contributed by atoms with Crippen LogP contribution in [0.4, 0.5) is 4.79 Å². The Labute approximate surface area is 205 Å². The Kier molecular flexibility index (Phi) is 6.60. The first-order valence-electron chi connectivity index (χ1n) is 12.7. The lowest BCUT2D eigenvalue weighted by atomic mass is 9.71. The van der Waals surface area contributed by atoms with Gasteiger partial charge >= 0.3 is 6.03 Å². The lowest BCUT2D eigenvalue weighted by Gasteiger charge is -2.40. The number of nitrogens with one attached hydrogen (secondary N) is 2. The van der Waals surface area contributed by atoms with E-state index in [0.29, 0.717) is 38.3 Å². The Morgan fingerprint density at radius 1 is 0.943 bits per heavy atom. The molecule has 0 radical (unpaired) electrons. The number of likely N-dealkylation sites (tertiary alicyclic amines) is 1. The fraction of sp³-hybridized carbons (Fsp3) is 0.464. The average Bonchev–Trinajstić information content (AvgIpc) is 3.18. The highest BCUT2D eigenvalue weighted by Gasteiger charge is 2.54. The predicted molar refractivity (Wildman–Crippen MR) is 132 cm³/mol. The number of piperidine rings is 1. The van der Waals surface area contributed by atoms with Crippen molar-refractivity contribution in [2.45, 2.75) is 62.5 Å². The van der Waals surface area contributed by atoms with Crippen LogP contribution in [-0.4, -0.2) is 52.6 Å². The van der Waals surface area contributed by atoms with Gasteiger partial charge in [-0.05, 0) is 60.6 Å². The molecule has 3 atom stereocenters. The lowest BCUT2D eigenvalue weighted by molar-refractivity contribution is -0.139. The summed E-state index contributed by atoms with van der Waals surface area (Å²) in [6.07, 6.45) is 3.76. The standard InChI is InChI=1S/C28H33N3O4/c32-24-8-4-7-23(17-24)28(26(34)29-27(35)30-28)18-25(33)31-15-13-22(14-16-31)21-11-9-20(10-12-21)19-5-2-1-3-6-19/h1-3,5-6,9-12,22-24,32H,4,7-8,13-18H2,(H2,29,30,34,35). The van der Waals surface area contributed by atoms with Crippen molar-refractivity contribution in [3.8, 4) is 11.1 Å². The van der Waals surface area contributed by atoms with Crippen LogP contribution in [0.5, 0.6) is 0 Å². The minimum absolute atomic E-state index is 0.0571. The number of amides is 4. The van der Waals surface area contributed by atoms with Crippen molar-refractivity contribution in [2.24, 2.45) is 5.92 Å². The van der Waals surface area contributed by atoms with Crippen molar-refractivity contribution >= 4 is 17.8 Å². The van der Waals surface area contributed by atoms with Crippen molar-refractivity contribution in [1.82, 2.24) is 15.5 Å². The molecule has 0 aromatic heterocycles. The predicted octanol–water partition coefficient (Wildman–Crippen LogP) is 3.58. The van der Waals surface area contributed by atoms with E-state index < -0.39 is 23.6 Å². The first-order valence-corrected chi connectivity index (χ1v) is 12.7. The van der Waals surface area contributed by atoms with Crippen LogP contribution in [0.2, 0.25) is 0 Å². The van der Waals surface area contributed by atoms with Gasteiger partial charge in [-0.25, -0.2) is 4.79 Å². The average molecular weight is 476 g/mol. The normalized spacial score (nSPS) is 27.4. The molecule has 2 aromatic rings. The summed E-state index contributed by atoms with van der Waals surface area (Å²) in [5.74, 6) is -0.410. The zero-order valence-corrected chi connectivity index (χ0v) is 19.9. The van der Waals surface area contributed by atoms with E-state index in [9.17, 15) is 19.5 Å². The van der Waals surface area contributed by atoms with E-state index >= 15 is 0 Å². The third-order valence-corrected chi connectivity index (χ3v) is 8.08. The number of benzene rings is 2. The number of aliphatic hydroxyl groups is 1. The topological polar surface area (TPSA) is 98.7 Å². The molecule has 1 aliphatic carbocycles. The van der Waals surface area contributed by atoms with Crippen molar-refractivity contribution in [3.05, 3.63) is 60.2 Å². The van der Waals surface area contributed by atoms with E-state index in [1.807, 2.05) is 23.1 Å². The third kappa shape index (κ3) is 4.82. The summed E-state index contributed by atoms with van der Waals surface area (Å²) in [6, 6.07) is 18.4. The summed E-state index contributed by atoms with van der Waals surface area (Å²) in [5, 5.41) is 15.3. The van der Waals surface area contributed by atoms with Crippen LogP contribution in [0.1, 0.15) is 56.4 Å². The van der Waals surface area contributed by atoms with Crippen molar-refractivity contribution in [3.63, 3.8) is 0 Å². The molecule has 7 heteroatoms. The Morgan fingerprint density at radius 2 is 1.63 bits per heavy atom. The summed E-state index contributed by atoms with van der Waals surface area (Å²) < 4.78 is 0. The molecule has 3 N–H and O–H groups in total. The maximum atomic E-state index is 13.3. The Balaban J connectivity index is 1.22. The quantitative estimate of drug-likeness (QED) is 0.576. The maximum Gasteiger partial charge on any atom is 0.322 e. The minimum Gasteiger partial charge on any atom is -0.393 e. The highest BCUT2D eigenvalue weighted by Crippen LogP contribution is 2.38. The van der Waals surface area contributed by atoms with E-state index in [4.69, 9.17) is 0 Å². The fourth-order valence-electron chi connectivity index (χ4n) is 6.06. The molecule has 2 saturated heterocycles. The van der Waals surface area contributed by atoms with Gasteiger partial charge in [0.05, 0.1) is 12.5 Å². The van der Waals surface area contributed by atoms with Crippen LogP contribution in [0, 0.1) is 5.92 Å². The molecule has 3 fully saturated rings.